The van der Waals surface area contributed by atoms with Gasteiger partial charge in [0.25, 0.3) is 5.56 Å². The molecular weight excluding hydrogens is 394 g/mol. The summed E-state index contributed by atoms with van der Waals surface area (Å²) in [6.07, 6.45) is 3.92. The number of amides is 1. The van der Waals surface area contributed by atoms with E-state index in [1.165, 1.54) is 22.9 Å². The van der Waals surface area contributed by atoms with Gasteiger partial charge in [0.2, 0.25) is 5.91 Å². The Kier molecular flexibility index (Phi) is 6.23. The van der Waals surface area contributed by atoms with Crippen LogP contribution in [0.2, 0.25) is 0 Å². The number of hydrogen-bond donors (Lipinski definition) is 1. The van der Waals surface area contributed by atoms with Crippen LogP contribution in [0.25, 0.3) is 10.9 Å². The molecule has 5 nitrogen and oxygen atoms in total. The Morgan fingerprint density at radius 2 is 2.00 bits per heavy atom. The normalized spacial score (nSPS) is 16.8. The molecule has 2 atom stereocenters. The molecule has 6 heteroatoms. The van der Waals surface area contributed by atoms with Crippen molar-refractivity contribution >= 4 is 28.6 Å². The van der Waals surface area contributed by atoms with Crippen molar-refractivity contribution in [2.45, 2.75) is 56.8 Å². The first-order chi connectivity index (χ1) is 14.6. The van der Waals surface area contributed by atoms with Gasteiger partial charge in [-0.1, -0.05) is 55.1 Å². The molecule has 156 valence electrons. The molecule has 3 aromatic rings. The van der Waals surface area contributed by atoms with E-state index in [0.29, 0.717) is 16.1 Å². The molecule has 1 amide bonds. The van der Waals surface area contributed by atoms with Crippen molar-refractivity contribution < 1.29 is 4.79 Å². The van der Waals surface area contributed by atoms with E-state index in [4.69, 9.17) is 4.98 Å². The van der Waals surface area contributed by atoms with Crippen LogP contribution in [-0.2, 0) is 11.2 Å². The fourth-order valence-electron chi connectivity index (χ4n) is 4.07. The number of nitrogens with one attached hydrogen (secondary N) is 1. The molecule has 0 fully saturated rings. The number of benzene rings is 2. The molecule has 1 aliphatic carbocycles. The van der Waals surface area contributed by atoms with Gasteiger partial charge in [-0.2, -0.15) is 0 Å². The fraction of sp³-hybridized carbons (Fsp3) is 0.375. The Morgan fingerprint density at radius 3 is 2.83 bits per heavy atom. The first kappa shape index (κ1) is 20.7. The lowest BCUT2D eigenvalue weighted by atomic mass is 9.88. The van der Waals surface area contributed by atoms with Crippen molar-refractivity contribution in [3.63, 3.8) is 0 Å². The maximum Gasteiger partial charge on any atom is 0.262 e. The van der Waals surface area contributed by atoms with E-state index < -0.39 is 0 Å². The number of aryl methyl sites for hydroxylation is 1. The highest BCUT2D eigenvalue weighted by Gasteiger charge is 2.22. The van der Waals surface area contributed by atoms with E-state index in [1.54, 1.807) is 4.57 Å². The zero-order valence-electron chi connectivity index (χ0n) is 17.4. The fourth-order valence-corrected chi connectivity index (χ4v) is 4.98. The van der Waals surface area contributed by atoms with Crippen LogP contribution in [0.15, 0.2) is 58.5 Å². The quantitative estimate of drug-likeness (QED) is 0.465. The maximum atomic E-state index is 13.1. The average Bonchev–Trinajstić information content (AvgIpc) is 2.77. The van der Waals surface area contributed by atoms with E-state index in [1.807, 2.05) is 44.2 Å². The summed E-state index contributed by atoms with van der Waals surface area (Å²) < 4.78 is 1.73. The van der Waals surface area contributed by atoms with Crippen LogP contribution in [0.5, 0.6) is 0 Å². The molecule has 1 aliphatic rings. The second-order valence-electron chi connectivity index (χ2n) is 7.84. The van der Waals surface area contributed by atoms with Crippen molar-refractivity contribution in [1.29, 1.82) is 0 Å². The molecule has 1 aromatic heterocycles. The van der Waals surface area contributed by atoms with E-state index in [2.05, 4.69) is 23.5 Å². The van der Waals surface area contributed by atoms with Crippen LogP contribution in [-0.4, -0.2) is 21.2 Å². The SMILES string of the molecule is CC[C@@H](C)n1c(SCC(=O)N[C@H]2CCCc3ccccc32)nc2ccccc2c1=O. The number of carbonyl (C=O) groups is 1. The van der Waals surface area contributed by atoms with Crippen LogP contribution in [0.4, 0.5) is 0 Å². The average molecular weight is 422 g/mol. The molecule has 0 radical (unpaired) electrons. The second kappa shape index (κ2) is 9.04. The molecule has 0 saturated carbocycles. The van der Waals surface area contributed by atoms with E-state index >= 15 is 0 Å². The number of thioether (sulfide) groups is 1. The second-order valence-corrected chi connectivity index (χ2v) is 8.79. The van der Waals surface area contributed by atoms with Gasteiger partial charge in [-0.15, -0.1) is 0 Å². The Morgan fingerprint density at radius 1 is 1.23 bits per heavy atom. The highest BCUT2D eigenvalue weighted by atomic mass is 32.2. The van der Waals surface area contributed by atoms with Crippen LogP contribution in [0, 0.1) is 0 Å². The van der Waals surface area contributed by atoms with Gasteiger partial charge in [0.05, 0.1) is 22.7 Å². The maximum absolute atomic E-state index is 13.1. The predicted octanol–water partition coefficient (Wildman–Crippen LogP) is 4.65. The molecule has 2 aromatic carbocycles. The smallest absolute Gasteiger partial charge is 0.262 e. The minimum Gasteiger partial charge on any atom is -0.349 e. The highest BCUT2D eigenvalue weighted by molar-refractivity contribution is 7.99. The largest absolute Gasteiger partial charge is 0.349 e. The van der Waals surface area contributed by atoms with E-state index in [9.17, 15) is 9.59 Å². The summed E-state index contributed by atoms with van der Waals surface area (Å²) in [6.45, 7) is 4.06. The molecule has 0 spiro atoms. The molecule has 0 bridgehead atoms. The number of para-hydroxylation sites is 1. The summed E-state index contributed by atoms with van der Waals surface area (Å²) in [5.74, 6) is 0.208. The van der Waals surface area contributed by atoms with Gasteiger partial charge in [0, 0.05) is 6.04 Å². The van der Waals surface area contributed by atoms with Crippen LogP contribution in [0.3, 0.4) is 0 Å². The van der Waals surface area contributed by atoms with Crippen molar-refractivity contribution in [2.75, 3.05) is 5.75 Å². The number of nitrogens with zero attached hydrogens (tertiary/aromatic N) is 2. The Balaban J connectivity index is 1.54. The van der Waals surface area contributed by atoms with Gasteiger partial charge in [-0.05, 0) is 55.9 Å². The van der Waals surface area contributed by atoms with Gasteiger partial charge >= 0.3 is 0 Å². The topological polar surface area (TPSA) is 64.0 Å². The van der Waals surface area contributed by atoms with E-state index in [0.717, 1.165) is 25.7 Å². The Hall–Kier alpha value is -2.60. The summed E-state index contributed by atoms with van der Waals surface area (Å²) in [7, 11) is 0. The molecule has 1 heterocycles. The van der Waals surface area contributed by atoms with E-state index in [-0.39, 0.29) is 29.3 Å². The zero-order valence-corrected chi connectivity index (χ0v) is 18.2. The lowest BCUT2D eigenvalue weighted by molar-refractivity contribution is -0.119. The monoisotopic (exact) mass is 421 g/mol. The zero-order chi connectivity index (χ0) is 21.1. The molecule has 0 unspecified atom stereocenters. The first-order valence-corrected chi connectivity index (χ1v) is 11.6. The number of hydrogen-bond acceptors (Lipinski definition) is 4. The molecule has 0 saturated heterocycles. The molecular formula is C24H27N3O2S. The Labute approximate surface area is 180 Å². The van der Waals surface area contributed by atoms with Crippen LogP contribution >= 0.6 is 11.8 Å². The van der Waals surface area contributed by atoms with Crippen molar-refractivity contribution in [3.8, 4) is 0 Å². The number of rotatable bonds is 6. The summed E-state index contributed by atoms with van der Waals surface area (Å²) in [5.41, 5.74) is 3.18. The minimum absolute atomic E-state index is 0.0189. The number of fused-ring (bicyclic) bond motifs is 2. The van der Waals surface area contributed by atoms with Gasteiger partial charge in [0.15, 0.2) is 5.16 Å². The molecule has 0 aliphatic heterocycles. The van der Waals surface area contributed by atoms with Gasteiger partial charge in [0.1, 0.15) is 0 Å². The predicted molar refractivity (Wildman–Crippen MR) is 122 cm³/mol. The van der Waals surface area contributed by atoms with Gasteiger partial charge < -0.3 is 5.32 Å². The summed E-state index contributed by atoms with van der Waals surface area (Å²) in [4.78, 5) is 30.5. The minimum atomic E-state index is -0.0425. The van der Waals surface area contributed by atoms with Gasteiger partial charge in [-0.3, -0.25) is 14.2 Å². The number of aromatic nitrogens is 2. The molecule has 30 heavy (non-hydrogen) atoms. The summed E-state index contributed by atoms with van der Waals surface area (Å²) >= 11 is 1.34. The first-order valence-electron chi connectivity index (χ1n) is 10.6. The Bertz CT molecular complexity index is 1120. The van der Waals surface area contributed by atoms with Crippen LogP contribution in [0.1, 0.15) is 56.3 Å². The lowest BCUT2D eigenvalue weighted by Crippen LogP contribution is -2.32. The highest BCUT2D eigenvalue weighted by Crippen LogP contribution is 2.30. The van der Waals surface area contributed by atoms with Crippen molar-refractivity contribution in [3.05, 3.63) is 70.0 Å². The molecule has 1 N–H and O–H groups in total. The van der Waals surface area contributed by atoms with Crippen molar-refractivity contribution in [2.24, 2.45) is 0 Å². The standard InChI is InChI=1S/C24H27N3O2S/c1-3-16(2)27-23(29)19-12-6-7-13-21(19)26-24(27)30-15-22(28)25-20-14-8-10-17-9-4-5-11-18(17)20/h4-7,9,11-13,16,20H,3,8,10,14-15H2,1-2H3,(H,25,28)/t16-,20+/m1/s1. The molecule has 4 rings (SSSR count). The number of carbonyl (C=O) groups excluding carboxylic acids is 1. The van der Waals surface area contributed by atoms with Crippen LogP contribution < -0.4 is 10.9 Å². The third-order valence-corrected chi connectivity index (χ3v) is 6.80. The van der Waals surface area contributed by atoms with Crippen molar-refractivity contribution in [1.82, 2.24) is 14.9 Å². The van der Waals surface area contributed by atoms with Gasteiger partial charge in [-0.25, -0.2) is 4.98 Å². The lowest BCUT2D eigenvalue weighted by Gasteiger charge is -2.26. The summed E-state index contributed by atoms with van der Waals surface area (Å²) in [5, 5.41) is 4.40. The third kappa shape index (κ3) is 4.15. The summed E-state index contributed by atoms with van der Waals surface area (Å²) in [6, 6.07) is 15.8. The third-order valence-electron chi connectivity index (χ3n) is 5.84.